The van der Waals surface area contributed by atoms with Gasteiger partial charge in [0.15, 0.2) is 0 Å². The number of ether oxygens (including phenoxy) is 1. The molecular weight excluding hydrogens is 306 g/mol. The Balaban J connectivity index is 1.88. The minimum atomic E-state index is -0.844. The van der Waals surface area contributed by atoms with Crippen LogP contribution >= 0.6 is 0 Å². The fourth-order valence-electron chi connectivity index (χ4n) is 2.01. The molecule has 1 aromatic heterocycles. The highest BCUT2D eigenvalue weighted by atomic mass is 16.5. The van der Waals surface area contributed by atoms with Gasteiger partial charge in [-0.2, -0.15) is 5.10 Å². The molecule has 0 unspecified atom stereocenters. The SMILES string of the molecule is C=N/C=C(\C=C/Cc1ccn[nH]1)OCc1ccc(CC(=O)O)cc1. The summed E-state index contributed by atoms with van der Waals surface area (Å²) in [7, 11) is 0. The van der Waals surface area contributed by atoms with Gasteiger partial charge in [-0.3, -0.25) is 14.9 Å². The predicted molar refractivity (Wildman–Crippen MR) is 91.6 cm³/mol. The molecule has 1 aromatic carbocycles. The van der Waals surface area contributed by atoms with Gasteiger partial charge in [-0.15, -0.1) is 0 Å². The van der Waals surface area contributed by atoms with E-state index in [1.807, 2.05) is 30.4 Å². The van der Waals surface area contributed by atoms with Crippen LogP contribution in [0.5, 0.6) is 0 Å². The molecule has 124 valence electrons. The second-order valence-corrected chi connectivity index (χ2v) is 5.08. The van der Waals surface area contributed by atoms with Crippen LogP contribution in [0.15, 0.2) is 65.6 Å². The molecule has 2 aromatic rings. The van der Waals surface area contributed by atoms with E-state index in [0.29, 0.717) is 18.8 Å². The fourth-order valence-corrected chi connectivity index (χ4v) is 2.01. The van der Waals surface area contributed by atoms with Gasteiger partial charge in [0.25, 0.3) is 0 Å². The highest BCUT2D eigenvalue weighted by Gasteiger charge is 2.01. The number of carboxylic acids is 1. The summed E-state index contributed by atoms with van der Waals surface area (Å²) >= 11 is 0. The molecule has 2 rings (SSSR count). The van der Waals surface area contributed by atoms with E-state index in [0.717, 1.165) is 16.8 Å². The molecule has 6 heteroatoms. The molecular formula is C18H19N3O3. The first kappa shape index (κ1) is 17.2. The predicted octanol–water partition coefficient (Wildman–Crippen LogP) is 2.89. The van der Waals surface area contributed by atoms with E-state index in [4.69, 9.17) is 9.84 Å². The summed E-state index contributed by atoms with van der Waals surface area (Å²) in [5.74, 6) is -0.247. The lowest BCUT2D eigenvalue weighted by Gasteiger charge is -2.07. The van der Waals surface area contributed by atoms with Crippen LogP contribution in [0.25, 0.3) is 0 Å². The molecule has 0 fully saturated rings. The van der Waals surface area contributed by atoms with Crippen molar-refractivity contribution in [3.8, 4) is 0 Å². The summed E-state index contributed by atoms with van der Waals surface area (Å²) in [6.07, 6.45) is 7.75. The summed E-state index contributed by atoms with van der Waals surface area (Å²) in [6, 6.07) is 9.18. The molecule has 0 atom stereocenters. The molecule has 1 heterocycles. The molecule has 24 heavy (non-hydrogen) atoms. The van der Waals surface area contributed by atoms with Crippen molar-refractivity contribution in [1.82, 2.24) is 10.2 Å². The van der Waals surface area contributed by atoms with Crippen LogP contribution in [-0.2, 0) is 29.0 Å². The van der Waals surface area contributed by atoms with E-state index in [9.17, 15) is 4.79 Å². The first-order valence-corrected chi connectivity index (χ1v) is 7.40. The van der Waals surface area contributed by atoms with E-state index in [1.54, 1.807) is 24.5 Å². The zero-order valence-corrected chi connectivity index (χ0v) is 13.2. The third kappa shape index (κ3) is 5.92. The number of hydrogen-bond donors (Lipinski definition) is 2. The third-order valence-corrected chi connectivity index (χ3v) is 3.18. The number of rotatable bonds is 9. The highest BCUT2D eigenvalue weighted by Crippen LogP contribution is 2.10. The van der Waals surface area contributed by atoms with E-state index < -0.39 is 5.97 Å². The number of aromatic amines is 1. The van der Waals surface area contributed by atoms with Gasteiger partial charge in [0.2, 0.25) is 0 Å². The largest absolute Gasteiger partial charge is 0.487 e. The standard InChI is InChI=1S/C18H19N3O3/c1-19-12-17(4-2-3-16-9-10-20-21-16)24-13-15-7-5-14(6-8-15)11-18(22)23/h2,4-10,12H,1,3,11,13H2,(H,20,21)(H,22,23)/b4-2-,17-12+. The molecule has 6 nitrogen and oxygen atoms in total. The number of aromatic nitrogens is 2. The van der Waals surface area contributed by atoms with E-state index >= 15 is 0 Å². The molecule has 0 aliphatic heterocycles. The normalized spacial score (nSPS) is 11.6. The van der Waals surface area contributed by atoms with Gasteiger partial charge in [-0.25, -0.2) is 0 Å². The van der Waals surface area contributed by atoms with Crippen LogP contribution in [0.2, 0.25) is 0 Å². The summed E-state index contributed by atoms with van der Waals surface area (Å²) in [4.78, 5) is 14.4. The van der Waals surface area contributed by atoms with Gasteiger partial charge in [-0.05, 0) is 30.0 Å². The quantitative estimate of drug-likeness (QED) is 0.421. The van der Waals surface area contributed by atoms with Crippen LogP contribution in [0.3, 0.4) is 0 Å². The zero-order chi connectivity index (χ0) is 17.2. The molecule has 0 saturated carbocycles. The monoisotopic (exact) mass is 325 g/mol. The van der Waals surface area contributed by atoms with E-state index in [2.05, 4.69) is 21.9 Å². The van der Waals surface area contributed by atoms with Crippen molar-refractivity contribution >= 4 is 12.7 Å². The summed E-state index contributed by atoms with van der Waals surface area (Å²) in [5.41, 5.74) is 2.71. The van der Waals surface area contributed by atoms with Crippen LogP contribution in [0.4, 0.5) is 0 Å². The van der Waals surface area contributed by atoms with Crippen molar-refractivity contribution in [2.75, 3.05) is 0 Å². The zero-order valence-electron chi connectivity index (χ0n) is 13.2. The number of aliphatic imine (C=N–C) groups is 1. The van der Waals surface area contributed by atoms with Crippen molar-refractivity contribution in [3.63, 3.8) is 0 Å². The maximum absolute atomic E-state index is 10.7. The molecule has 0 radical (unpaired) electrons. The number of benzene rings is 1. The topological polar surface area (TPSA) is 87.6 Å². The first-order valence-electron chi connectivity index (χ1n) is 7.40. The van der Waals surface area contributed by atoms with Crippen molar-refractivity contribution in [1.29, 1.82) is 0 Å². The minimum absolute atomic E-state index is 0.0169. The Morgan fingerprint density at radius 3 is 2.67 bits per heavy atom. The number of aliphatic carboxylic acids is 1. The average molecular weight is 325 g/mol. The second kappa shape index (κ2) is 9.09. The Morgan fingerprint density at radius 2 is 2.04 bits per heavy atom. The molecule has 2 N–H and O–H groups in total. The van der Waals surface area contributed by atoms with Crippen LogP contribution in [-0.4, -0.2) is 28.0 Å². The van der Waals surface area contributed by atoms with Gasteiger partial charge in [-0.1, -0.05) is 30.3 Å². The number of nitrogens with one attached hydrogen (secondary N) is 1. The summed E-state index contributed by atoms with van der Waals surface area (Å²) in [6.45, 7) is 3.80. The fraction of sp³-hybridized carbons (Fsp3) is 0.167. The summed E-state index contributed by atoms with van der Waals surface area (Å²) in [5, 5.41) is 15.5. The third-order valence-electron chi connectivity index (χ3n) is 3.18. The maximum atomic E-state index is 10.7. The molecule has 0 bridgehead atoms. The van der Waals surface area contributed by atoms with Gasteiger partial charge in [0.05, 0.1) is 12.6 Å². The smallest absolute Gasteiger partial charge is 0.307 e. The Morgan fingerprint density at radius 1 is 1.29 bits per heavy atom. The van der Waals surface area contributed by atoms with Crippen molar-refractivity contribution < 1.29 is 14.6 Å². The molecule has 0 saturated heterocycles. The number of carboxylic acid groups (broad SMARTS) is 1. The van der Waals surface area contributed by atoms with Gasteiger partial charge in [0, 0.05) is 18.3 Å². The number of nitrogens with zero attached hydrogens (tertiary/aromatic N) is 2. The van der Waals surface area contributed by atoms with Gasteiger partial charge < -0.3 is 9.84 Å². The van der Waals surface area contributed by atoms with Crippen molar-refractivity contribution in [3.05, 3.63) is 77.5 Å². The number of H-pyrrole nitrogens is 1. The van der Waals surface area contributed by atoms with E-state index in [-0.39, 0.29) is 6.42 Å². The average Bonchev–Trinajstić information content (AvgIpc) is 3.07. The van der Waals surface area contributed by atoms with Crippen LogP contribution in [0.1, 0.15) is 16.8 Å². The lowest BCUT2D eigenvalue weighted by Crippen LogP contribution is -2.00. The molecule has 0 aliphatic rings. The highest BCUT2D eigenvalue weighted by molar-refractivity contribution is 5.70. The first-order chi connectivity index (χ1) is 11.7. The Bertz CT molecular complexity index is 716. The molecule has 0 amide bonds. The maximum Gasteiger partial charge on any atom is 0.307 e. The Hall–Kier alpha value is -3.15. The lowest BCUT2D eigenvalue weighted by atomic mass is 10.1. The van der Waals surface area contributed by atoms with Crippen molar-refractivity contribution in [2.24, 2.45) is 4.99 Å². The van der Waals surface area contributed by atoms with E-state index in [1.165, 1.54) is 0 Å². The van der Waals surface area contributed by atoms with Crippen LogP contribution in [0, 0.1) is 0 Å². The number of allylic oxidation sites excluding steroid dienone is 2. The molecule has 0 spiro atoms. The number of hydrogen-bond acceptors (Lipinski definition) is 4. The lowest BCUT2D eigenvalue weighted by molar-refractivity contribution is -0.136. The summed E-state index contributed by atoms with van der Waals surface area (Å²) < 4.78 is 5.71. The number of carbonyl (C=O) groups is 1. The van der Waals surface area contributed by atoms with Crippen LogP contribution < -0.4 is 0 Å². The van der Waals surface area contributed by atoms with Gasteiger partial charge >= 0.3 is 5.97 Å². The minimum Gasteiger partial charge on any atom is -0.487 e. The Kier molecular flexibility index (Phi) is 6.52. The molecule has 0 aliphatic carbocycles. The van der Waals surface area contributed by atoms with Crippen molar-refractivity contribution in [2.45, 2.75) is 19.4 Å². The second-order valence-electron chi connectivity index (χ2n) is 5.08. The van der Waals surface area contributed by atoms with Gasteiger partial charge in [0.1, 0.15) is 12.4 Å². The Labute approximate surface area is 140 Å².